The molecular formula is C7H8O4S2. The topological polar surface area (TPSA) is 52.6 Å². The molecular weight excluding hydrogens is 212 g/mol. The van der Waals surface area contributed by atoms with E-state index in [0.29, 0.717) is 5.75 Å². The lowest BCUT2D eigenvalue weighted by Crippen LogP contribution is -1.99. The molecule has 0 amide bonds. The second kappa shape index (κ2) is 3.99. The van der Waals surface area contributed by atoms with Gasteiger partial charge in [0.05, 0.1) is 12.0 Å². The third kappa shape index (κ3) is 2.36. The molecule has 0 saturated carbocycles. The lowest BCUT2D eigenvalue weighted by atomic mass is 10.3. The van der Waals surface area contributed by atoms with Gasteiger partial charge in [0, 0.05) is 0 Å². The molecule has 0 aromatic heterocycles. The molecule has 0 unspecified atom stereocenters. The minimum atomic E-state index is -3.71. The summed E-state index contributed by atoms with van der Waals surface area (Å²) in [4.78, 5) is 0.0447. The first-order valence-electron chi connectivity index (χ1n) is 3.32. The Labute approximate surface area is 82.2 Å². The van der Waals surface area contributed by atoms with Gasteiger partial charge in [-0.1, -0.05) is 0 Å². The van der Waals surface area contributed by atoms with Crippen LogP contribution in [-0.2, 0) is 13.7 Å². The van der Waals surface area contributed by atoms with Crippen LogP contribution in [0.1, 0.15) is 0 Å². The van der Waals surface area contributed by atoms with Gasteiger partial charge < -0.3 is 4.74 Å². The molecule has 1 aromatic carbocycles. The van der Waals surface area contributed by atoms with Crippen LogP contribution in [0.5, 0.6) is 5.75 Å². The monoisotopic (exact) mass is 220 g/mol. The molecule has 0 aliphatic heterocycles. The van der Waals surface area contributed by atoms with Crippen LogP contribution >= 0.6 is 12.9 Å². The molecule has 4 nitrogen and oxygen atoms in total. The van der Waals surface area contributed by atoms with Gasteiger partial charge in [0.2, 0.25) is 0 Å². The Morgan fingerprint density at radius 2 is 1.77 bits per heavy atom. The fourth-order valence-electron chi connectivity index (χ4n) is 0.785. The van der Waals surface area contributed by atoms with E-state index >= 15 is 0 Å². The highest BCUT2D eigenvalue weighted by molar-refractivity contribution is 7.95. The van der Waals surface area contributed by atoms with Crippen LogP contribution in [-0.4, -0.2) is 15.5 Å². The van der Waals surface area contributed by atoms with Crippen molar-refractivity contribution in [3.8, 4) is 5.75 Å². The maximum absolute atomic E-state index is 11.1. The van der Waals surface area contributed by atoms with Gasteiger partial charge in [-0.2, -0.15) is 12.0 Å². The molecule has 0 aliphatic rings. The summed E-state index contributed by atoms with van der Waals surface area (Å²) in [5.41, 5.74) is 0. The van der Waals surface area contributed by atoms with Gasteiger partial charge in [-0.3, -0.25) is 0 Å². The van der Waals surface area contributed by atoms with Crippen molar-refractivity contribution >= 4 is 23.0 Å². The van der Waals surface area contributed by atoms with Gasteiger partial charge in [0.15, 0.2) is 0 Å². The first kappa shape index (κ1) is 10.4. The molecule has 72 valence electrons. The molecule has 0 saturated heterocycles. The number of ether oxygens (including phenoxy) is 1. The van der Waals surface area contributed by atoms with E-state index in [1.54, 1.807) is 0 Å². The third-order valence-electron chi connectivity index (χ3n) is 1.45. The number of hydrogen-bond donors (Lipinski definition) is 1. The molecule has 1 rings (SSSR count). The average Bonchev–Trinajstić information content (AvgIpc) is 2.18. The third-order valence-corrected chi connectivity index (χ3v) is 3.08. The zero-order valence-corrected chi connectivity index (χ0v) is 8.51. The standard InChI is InChI=1S/C7H8O4S2/c1-10-6-2-4-7(5-3-6)13(8,9)11-12/h2-5,12H,1H3. The molecule has 0 N–H and O–H groups in total. The summed E-state index contributed by atoms with van der Waals surface area (Å²) in [6.07, 6.45) is 0. The SMILES string of the molecule is COc1ccc(S(=O)(=O)OS)cc1. The Morgan fingerprint density at radius 3 is 2.15 bits per heavy atom. The lowest BCUT2D eigenvalue weighted by molar-refractivity contribution is 0.414. The summed E-state index contributed by atoms with van der Waals surface area (Å²) in [6.45, 7) is 0. The number of rotatable bonds is 3. The minimum Gasteiger partial charge on any atom is -0.497 e. The van der Waals surface area contributed by atoms with Crippen LogP contribution in [0.3, 0.4) is 0 Å². The predicted octanol–water partition coefficient (Wildman–Crippen LogP) is 1.25. The molecule has 0 bridgehead atoms. The molecule has 0 heterocycles. The Balaban J connectivity index is 3.06. The fourth-order valence-corrected chi connectivity index (χ4v) is 1.60. The largest absolute Gasteiger partial charge is 0.497 e. The van der Waals surface area contributed by atoms with Crippen molar-refractivity contribution in [1.29, 1.82) is 0 Å². The zero-order valence-electron chi connectivity index (χ0n) is 6.80. The van der Waals surface area contributed by atoms with Crippen LogP contribution in [0.4, 0.5) is 0 Å². The van der Waals surface area contributed by atoms with Crippen molar-refractivity contribution < 1.29 is 16.8 Å². The van der Waals surface area contributed by atoms with Crippen LogP contribution in [0, 0.1) is 0 Å². The van der Waals surface area contributed by atoms with E-state index in [-0.39, 0.29) is 4.90 Å². The molecule has 0 radical (unpaired) electrons. The number of methoxy groups -OCH3 is 1. The Morgan fingerprint density at radius 1 is 1.23 bits per heavy atom. The van der Waals surface area contributed by atoms with Gasteiger partial charge in [-0.15, -0.1) is 0 Å². The summed E-state index contributed by atoms with van der Waals surface area (Å²) >= 11 is 3.24. The van der Waals surface area contributed by atoms with Crippen molar-refractivity contribution in [3.63, 3.8) is 0 Å². The van der Waals surface area contributed by atoms with Crippen molar-refractivity contribution in [2.24, 2.45) is 0 Å². The lowest BCUT2D eigenvalue weighted by Gasteiger charge is -2.01. The quantitative estimate of drug-likeness (QED) is 0.615. The van der Waals surface area contributed by atoms with Crippen molar-refractivity contribution in [1.82, 2.24) is 0 Å². The smallest absolute Gasteiger partial charge is 0.307 e. The second-order valence-electron chi connectivity index (χ2n) is 2.20. The summed E-state index contributed by atoms with van der Waals surface area (Å²) in [6, 6.07) is 5.81. The van der Waals surface area contributed by atoms with Crippen molar-refractivity contribution in [3.05, 3.63) is 24.3 Å². The molecule has 13 heavy (non-hydrogen) atoms. The van der Waals surface area contributed by atoms with Crippen LogP contribution < -0.4 is 4.74 Å². The Bertz CT molecular complexity index is 368. The van der Waals surface area contributed by atoms with Crippen molar-refractivity contribution in [2.45, 2.75) is 4.90 Å². The zero-order chi connectivity index (χ0) is 9.90. The van der Waals surface area contributed by atoms with E-state index in [1.807, 2.05) is 0 Å². The van der Waals surface area contributed by atoms with E-state index in [0.717, 1.165) is 0 Å². The van der Waals surface area contributed by atoms with Crippen LogP contribution in [0.25, 0.3) is 0 Å². The summed E-state index contributed by atoms with van der Waals surface area (Å²) in [5, 5.41) is 0. The highest BCUT2D eigenvalue weighted by atomic mass is 32.3. The number of hydrogen-bond acceptors (Lipinski definition) is 5. The van der Waals surface area contributed by atoms with Crippen molar-refractivity contribution in [2.75, 3.05) is 7.11 Å². The van der Waals surface area contributed by atoms with E-state index < -0.39 is 10.1 Å². The van der Waals surface area contributed by atoms with E-state index in [4.69, 9.17) is 4.74 Å². The van der Waals surface area contributed by atoms with Gasteiger partial charge in [-0.25, -0.2) is 0 Å². The van der Waals surface area contributed by atoms with Gasteiger partial charge in [0.1, 0.15) is 5.75 Å². The van der Waals surface area contributed by atoms with E-state index in [2.05, 4.69) is 16.5 Å². The normalized spacial score (nSPS) is 11.2. The molecule has 6 heteroatoms. The van der Waals surface area contributed by atoms with Gasteiger partial charge in [-0.05, 0) is 37.2 Å². The summed E-state index contributed by atoms with van der Waals surface area (Å²) in [7, 11) is -2.22. The molecule has 1 aromatic rings. The Kier molecular flexibility index (Phi) is 3.18. The number of benzene rings is 1. The van der Waals surface area contributed by atoms with Crippen LogP contribution in [0.2, 0.25) is 0 Å². The highest BCUT2D eigenvalue weighted by Crippen LogP contribution is 2.17. The average molecular weight is 220 g/mol. The summed E-state index contributed by atoms with van der Waals surface area (Å²) < 4.78 is 31.0. The minimum absolute atomic E-state index is 0.0447. The molecule has 0 spiro atoms. The van der Waals surface area contributed by atoms with Gasteiger partial charge >= 0.3 is 10.1 Å². The van der Waals surface area contributed by atoms with Gasteiger partial charge in [0.25, 0.3) is 0 Å². The van der Waals surface area contributed by atoms with E-state index in [9.17, 15) is 8.42 Å². The highest BCUT2D eigenvalue weighted by Gasteiger charge is 2.12. The molecule has 0 aliphatic carbocycles. The first-order valence-corrected chi connectivity index (χ1v) is 5.09. The van der Waals surface area contributed by atoms with E-state index in [1.165, 1.54) is 31.4 Å². The maximum Gasteiger partial charge on any atom is 0.307 e. The first-order chi connectivity index (χ1) is 6.10. The number of thiol groups is 1. The Hall–Kier alpha value is -0.720. The summed E-state index contributed by atoms with van der Waals surface area (Å²) in [5.74, 6) is 0.582. The second-order valence-corrected chi connectivity index (χ2v) is 4.18. The maximum atomic E-state index is 11.1. The molecule has 0 atom stereocenters. The predicted molar refractivity (Wildman–Crippen MR) is 50.3 cm³/mol. The van der Waals surface area contributed by atoms with Crippen LogP contribution in [0.15, 0.2) is 29.2 Å². The fraction of sp³-hybridized carbons (Fsp3) is 0.143. The molecule has 0 fully saturated rings.